The molecule has 1 N–H and O–H groups in total. The number of phenolic OH excluding ortho intramolecular Hbond substituents is 1. The maximum atomic E-state index is 13.9. The smallest absolute Gasteiger partial charge is 0.341 e. The van der Waals surface area contributed by atoms with Crippen molar-refractivity contribution in [1.29, 1.82) is 0 Å². The van der Waals surface area contributed by atoms with Crippen LogP contribution in [0.1, 0.15) is 35.3 Å². The van der Waals surface area contributed by atoms with E-state index < -0.39 is 33.1 Å². The van der Waals surface area contributed by atoms with Crippen molar-refractivity contribution in [2.45, 2.75) is 24.5 Å². The van der Waals surface area contributed by atoms with Gasteiger partial charge in [0.2, 0.25) is 0 Å². The number of esters is 1. The lowest BCUT2D eigenvalue weighted by Crippen LogP contribution is -2.22. The van der Waals surface area contributed by atoms with E-state index in [0.717, 1.165) is 32.3 Å². The Morgan fingerprint density at radius 3 is 2.52 bits per heavy atom. The Bertz CT molecular complexity index is 1080. The number of hydrogen-bond donors (Lipinski definition) is 1. The van der Waals surface area contributed by atoms with Crippen molar-refractivity contribution in [1.82, 2.24) is 4.90 Å². The number of benzene rings is 2. The highest BCUT2D eigenvalue weighted by Gasteiger charge is 2.26. The van der Waals surface area contributed by atoms with Crippen molar-refractivity contribution >= 4 is 37.8 Å². The number of phenols is 1. The average molecular weight is 514 g/mol. The van der Waals surface area contributed by atoms with E-state index in [1.165, 1.54) is 18.2 Å². The van der Waals surface area contributed by atoms with Crippen LogP contribution in [0, 0.1) is 5.82 Å². The molecule has 0 spiro atoms. The largest absolute Gasteiger partial charge is 0.506 e. The molecule has 2 aromatic rings. The summed E-state index contributed by atoms with van der Waals surface area (Å²) in [6, 6.07) is 6.31. The molecule has 0 saturated heterocycles. The van der Waals surface area contributed by atoms with Crippen LogP contribution >= 0.6 is 15.9 Å². The predicted octanol–water partition coefficient (Wildman–Crippen LogP) is 4.41. The van der Waals surface area contributed by atoms with Crippen LogP contribution in [0.25, 0.3) is 6.08 Å². The Balaban J connectivity index is 2.47. The molecule has 2 rings (SSSR count). The minimum absolute atomic E-state index is 0.0667. The van der Waals surface area contributed by atoms with Crippen LogP contribution in [-0.4, -0.2) is 51.1 Å². The zero-order valence-corrected chi connectivity index (χ0v) is 20.0. The monoisotopic (exact) mass is 513 g/mol. The Labute approximate surface area is 190 Å². The molecule has 0 unspecified atom stereocenters. The lowest BCUT2D eigenvalue weighted by Gasteiger charge is -2.15. The molecular formula is C22H25BrFNO5S. The van der Waals surface area contributed by atoms with E-state index in [4.69, 9.17) is 0 Å². The van der Waals surface area contributed by atoms with Gasteiger partial charge in [-0.2, -0.15) is 0 Å². The topological polar surface area (TPSA) is 83.9 Å². The number of carbonyl (C=O) groups is 1. The van der Waals surface area contributed by atoms with E-state index in [1.54, 1.807) is 12.2 Å². The zero-order chi connectivity index (χ0) is 23.2. The van der Waals surface area contributed by atoms with E-state index in [9.17, 15) is 22.7 Å². The molecule has 31 heavy (non-hydrogen) atoms. The fraction of sp³-hybridized carbons (Fsp3) is 0.318. The van der Waals surface area contributed by atoms with Gasteiger partial charge in [-0.15, -0.1) is 0 Å². The van der Waals surface area contributed by atoms with Crippen LogP contribution in [0.5, 0.6) is 5.75 Å². The molecule has 0 heterocycles. The molecule has 0 radical (unpaired) electrons. The number of rotatable bonds is 9. The van der Waals surface area contributed by atoms with Crippen LogP contribution < -0.4 is 0 Å². The van der Waals surface area contributed by atoms with Crippen LogP contribution in [0.4, 0.5) is 4.39 Å². The van der Waals surface area contributed by atoms with Crippen molar-refractivity contribution in [3.8, 4) is 5.75 Å². The number of sulfone groups is 1. The number of methoxy groups -OCH3 is 1. The van der Waals surface area contributed by atoms with Gasteiger partial charge in [-0.25, -0.2) is 17.6 Å². The number of aromatic hydroxyl groups is 1. The highest BCUT2D eigenvalue weighted by atomic mass is 79.9. The normalized spacial score (nSPS) is 11.9. The lowest BCUT2D eigenvalue weighted by molar-refractivity contribution is 0.0596. The van der Waals surface area contributed by atoms with Gasteiger partial charge in [0.25, 0.3) is 0 Å². The van der Waals surface area contributed by atoms with Crippen molar-refractivity contribution in [3.05, 3.63) is 63.4 Å². The number of ether oxygens (including phenoxy) is 1. The minimum Gasteiger partial charge on any atom is -0.506 e. The third-order valence-corrected chi connectivity index (χ3v) is 7.19. The number of halogens is 2. The molecule has 0 aromatic heterocycles. The van der Waals surface area contributed by atoms with Gasteiger partial charge in [0.05, 0.1) is 22.2 Å². The van der Waals surface area contributed by atoms with Gasteiger partial charge >= 0.3 is 5.97 Å². The molecule has 0 aliphatic rings. The first-order chi connectivity index (χ1) is 14.6. The molecule has 0 aliphatic carbocycles. The van der Waals surface area contributed by atoms with Crippen LogP contribution in [0.3, 0.4) is 0 Å². The Hall–Kier alpha value is -2.23. The first-order valence-electron chi connectivity index (χ1n) is 9.64. The molecule has 168 valence electrons. The third kappa shape index (κ3) is 6.15. The lowest BCUT2D eigenvalue weighted by atomic mass is 10.1. The van der Waals surface area contributed by atoms with Gasteiger partial charge in [0, 0.05) is 6.54 Å². The molecule has 0 aliphatic heterocycles. The average Bonchev–Trinajstić information content (AvgIpc) is 2.73. The summed E-state index contributed by atoms with van der Waals surface area (Å²) in [5, 5.41) is 10.2. The van der Waals surface area contributed by atoms with Crippen LogP contribution in [-0.2, 0) is 20.3 Å². The molecule has 2 aromatic carbocycles. The van der Waals surface area contributed by atoms with Crippen molar-refractivity contribution in [2.24, 2.45) is 0 Å². The van der Waals surface area contributed by atoms with Crippen molar-refractivity contribution in [3.63, 3.8) is 0 Å². The van der Waals surface area contributed by atoms with Gasteiger partial charge in [-0.3, -0.25) is 0 Å². The van der Waals surface area contributed by atoms with Gasteiger partial charge in [0.15, 0.2) is 9.84 Å². The summed E-state index contributed by atoms with van der Waals surface area (Å²) in [6.45, 7) is 6.29. The summed E-state index contributed by atoms with van der Waals surface area (Å²) >= 11 is 3.11. The summed E-state index contributed by atoms with van der Waals surface area (Å²) in [5.41, 5.74) is 0.0595. The highest BCUT2D eigenvalue weighted by molar-refractivity contribution is 9.10. The number of hydrogen-bond acceptors (Lipinski definition) is 6. The maximum Gasteiger partial charge on any atom is 0.341 e. The molecule has 0 amide bonds. The van der Waals surface area contributed by atoms with Crippen molar-refractivity contribution in [2.75, 3.05) is 26.7 Å². The second kappa shape index (κ2) is 10.9. The van der Waals surface area contributed by atoms with E-state index in [2.05, 4.69) is 25.6 Å². The molecule has 0 fully saturated rings. The zero-order valence-electron chi connectivity index (χ0n) is 17.6. The van der Waals surface area contributed by atoms with E-state index in [-0.39, 0.29) is 26.1 Å². The third-order valence-electron chi connectivity index (χ3n) is 4.81. The fourth-order valence-electron chi connectivity index (χ4n) is 3.08. The Kier molecular flexibility index (Phi) is 8.79. The summed E-state index contributed by atoms with van der Waals surface area (Å²) in [4.78, 5) is 14.2. The maximum absolute atomic E-state index is 13.9. The van der Waals surface area contributed by atoms with E-state index >= 15 is 0 Å². The molecule has 6 nitrogen and oxygen atoms in total. The number of likely N-dealkylation sites (N-methyl/N-ethyl adjacent to an activating group) is 1. The molecule has 0 bridgehead atoms. The summed E-state index contributed by atoms with van der Waals surface area (Å²) in [6.07, 6.45) is 3.36. The number of carbonyl (C=O) groups excluding carboxylic acids is 1. The SMILES string of the molecule is CCN(CC)C/C=C/c1cc(F)ccc1S(=O)(=O)Cc1ccc(Br)c(O)c1C(=O)OC. The number of nitrogens with zero attached hydrogens (tertiary/aromatic N) is 1. The molecule has 0 atom stereocenters. The first-order valence-corrected chi connectivity index (χ1v) is 12.1. The summed E-state index contributed by atoms with van der Waals surface area (Å²) < 4.78 is 45.2. The summed E-state index contributed by atoms with van der Waals surface area (Å²) in [5.74, 6) is -2.39. The first kappa shape index (κ1) is 25.0. The Morgan fingerprint density at radius 2 is 1.90 bits per heavy atom. The van der Waals surface area contributed by atoms with Gasteiger partial charge in [-0.05, 0) is 64.4 Å². The highest BCUT2D eigenvalue weighted by Crippen LogP contribution is 2.33. The molecule has 9 heteroatoms. The van der Waals surface area contributed by atoms with Crippen molar-refractivity contribution < 1.29 is 27.4 Å². The molecule has 0 saturated carbocycles. The van der Waals surface area contributed by atoms with E-state index in [0.29, 0.717) is 6.54 Å². The standard InChI is InChI=1S/C22H25BrFNO5S/c1-4-25(5-2)12-6-7-15-13-17(24)9-11-19(15)31(28,29)14-16-8-10-18(23)21(26)20(16)22(27)30-3/h6-11,13,26H,4-5,12,14H2,1-3H3/b7-6+. The molecular weight excluding hydrogens is 489 g/mol. The van der Waals surface area contributed by atoms with E-state index in [1.807, 2.05) is 13.8 Å². The van der Waals surface area contributed by atoms with Gasteiger partial charge in [-0.1, -0.05) is 32.1 Å². The summed E-state index contributed by atoms with van der Waals surface area (Å²) in [7, 11) is -2.84. The second-order valence-corrected chi connectivity index (χ2v) is 9.56. The van der Waals surface area contributed by atoms with Crippen LogP contribution in [0.2, 0.25) is 0 Å². The Morgan fingerprint density at radius 1 is 1.23 bits per heavy atom. The predicted molar refractivity (Wildman–Crippen MR) is 121 cm³/mol. The van der Waals surface area contributed by atoms with Gasteiger partial charge < -0.3 is 14.7 Å². The minimum atomic E-state index is -3.98. The fourth-order valence-corrected chi connectivity index (χ4v) is 4.98. The second-order valence-electron chi connectivity index (χ2n) is 6.75. The van der Waals surface area contributed by atoms with Gasteiger partial charge in [0.1, 0.15) is 17.1 Å². The van der Waals surface area contributed by atoms with Crippen LogP contribution in [0.15, 0.2) is 45.8 Å². The quantitative estimate of drug-likeness (QED) is 0.395.